The van der Waals surface area contributed by atoms with E-state index in [9.17, 15) is 0 Å². The summed E-state index contributed by atoms with van der Waals surface area (Å²) in [6, 6.07) is 0. The van der Waals surface area contributed by atoms with E-state index in [-0.39, 0.29) is 86.8 Å². The quantitative estimate of drug-likeness (QED) is 0.356. The Bertz CT molecular complexity index is 8.00. The number of hydrogen-bond acceptors (Lipinski definition) is 0. The second-order valence-electron chi connectivity index (χ2n) is 0. The van der Waals surface area contributed by atoms with Crippen LogP contribution in [0, 0.1) is 0 Å². The van der Waals surface area contributed by atoms with Gasteiger partial charge in [-0.25, -0.2) is 0 Å². The second-order valence-corrected chi connectivity index (χ2v) is 0. The van der Waals surface area contributed by atoms with E-state index in [1.165, 1.54) is 0 Å². The Labute approximate surface area is 85.3 Å². The average molecular weight is 459 g/mol. The molecule has 0 atom stereocenters. The Morgan fingerprint density at radius 1 is 1.00 bits per heavy atom. The third-order valence-corrected chi connectivity index (χ3v) is 0. The molecule has 0 spiro atoms. The van der Waals surface area contributed by atoms with E-state index in [0.717, 1.165) is 0 Å². The molecular formula is H6AgGePbZn. The molecule has 27 valence electrons. The summed E-state index contributed by atoms with van der Waals surface area (Å²) in [6.07, 6.45) is 0. The molecule has 4 heavy (non-hydrogen) atoms. The minimum atomic E-state index is 0. The second kappa shape index (κ2) is 17.0. The van der Waals surface area contributed by atoms with Crippen LogP contribution < -0.4 is 0 Å². The van der Waals surface area contributed by atoms with Crippen molar-refractivity contribution in [1.29, 1.82) is 0 Å². The van der Waals surface area contributed by atoms with Crippen molar-refractivity contribution in [2.75, 3.05) is 0 Å². The SMILES string of the molecule is [Ag].[GeH4].[PbH2].[Zn]. The molecular weight excluding hydrogens is 453 g/mol. The van der Waals surface area contributed by atoms with Gasteiger partial charge in [-0.1, -0.05) is 0 Å². The zero-order chi connectivity index (χ0) is 0. The third kappa shape index (κ3) is 8.85. The van der Waals surface area contributed by atoms with Crippen LogP contribution in [0.3, 0.4) is 0 Å². The van der Waals surface area contributed by atoms with Gasteiger partial charge in [0.25, 0.3) is 0 Å². The van der Waals surface area contributed by atoms with Crippen molar-refractivity contribution < 1.29 is 41.9 Å². The summed E-state index contributed by atoms with van der Waals surface area (Å²) in [5, 5.41) is 0. The first-order valence-corrected chi connectivity index (χ1v) is 0. The van der Waals surface area contributed by atoms with Gasteiger partial charge in [-0.3, -0.25) is 0 Å². The van der Waals surface area contributed by atoms with Crippen LogP contribution in [-0.2, 0) is 41.9 Å². The van der Waals surface area contributed by atoms with Crippen LogP contribution in [0.4, 0.5) is 0 Å². The van der Waals surface area contributed by atoms with Crippen LogP contribution in [0.15, 0.2) is 0 Å². The largest absolute Gasteiger partial charge is 0 e. The van der Waals surface area contributed by atoms with Gasteiger partial charge in [-0.2, -0.15) is 0 Å². The van der Waals surface area contributed by atoms with Crippen molar-refractivity contribution in [3.8, 4) is 0 Å². The van der Waals surface area contributed by atoms with Crippen LogP contribution >= 0.6 is 0 Å². The Morgan fingerprint density at radius 3 is 1.00 bits per heavy atom. The molecule has 0 saturated carbocycles. The van der Waals surface area contributed by atoms with E-state index in [1.807, 2.05) is 0 Å². The van der Waals surface area contributed by atoms with Crippen LogP contribution in [-0.4, -0.2) is 44.9 Å². The van der Waals surface area contributed by atoms with E-state index in [1.54, 1.807) is 0 Å². The van der Waals surface area contributed by atoms with Crippen molar-refractivity contribution in [2.24, 2.45) is 0 Å². The third-order valence-electron chi connectivity index (χ3n) is 0. The first kappa shape index (κ1) is 29.0. The summed E-state index contributed by atoms with van der Waals surface area (Å²) in [5.74, 6) is 0. The summed E-state index contributed by atoms with van der Waals surface area (Å²) < 4.78 is 0. The zero-order valence-corrected chi connectivity index (χ0v) is 11.7. The van der Waals surface area contributed by atoms with Crippen LogP contribution in [0.2, 0.25) is 0 Å². The van der Waals surface area contributed by atoms with Gasteiger partial charge in [0.1, 0.15) is 0 Å². The summed E-state index contributed by atoms with van der Waals surface area (Å²) in [7, 11) is 0. The van der Waals surface area contributed by atoms with Crippen molar-refractivity contribution in [2.45, 2.75) is 0 Å². The molecule has 0 aliphatic heterocycles. The maximum atomic E-state index is 0. The molecule has 0 aliphatic carbocycles. The van der Waals surface area contributed by atoms with Gasteiger partial charge in [0, 0.05) is 41.9 Å². The molecule has 0 aromatic heterocycles. The van der Waals surface area contributed by atoms with Crippen LogP contribution in [0.25, 0.3) is 0 Å². The van der Waals surface area contributed by atoms with E-state index < -0.39 is 0 Å². The normalized spacial score (nSPS) is 0. The van der Waals surface area contributed by atoms with E-state index >= 15 is 0 Å². The minimum absolute atomic E-state index is 0. The molecule has 0 aromatic carbocycles. The number of rotatable bonds is 0. The van der Waals surface area contributed by atoms with Crippen molar-refractivity contribution in [3.63, 3.8) is 0 Å². The van der Waals surface area contributed by atoms with Crippen molar-refractivity contribution in [1.82, 2.24) is 0 Å². The summed E-state index contributed by atoms with van der Waals surface area (Å²) >= 11 is 0. The fourth-order valence-corrected chi connectivity index (χ4v) is 0. The maximum Gasteiger partial charge on any atom is 0 e. The molecule has 0 rings (SSSR count). The van der Waals surface area contributed by atoms with E-state index in [0.29, 0.717) is 0 Å². The van der Waals surface area contributed by atoms with Crippen molar-refractivity contribution in [3.05, 3.63) is 0 Å². The Hall–Kier alpha value is 2.83. The standard InChI is InChI=1S/Ag.GeH4.Pb.Zn.2H/h;1H4;;;;. The van der Waals surface area contributed by atoms with Gasteiger partial charge in [0.2, 0.25) is 0 Å². The van der Waals surface area contributed by atoms with Crippen LogP contribution in [0.5, 0.6) is 0 Å². The van der Waals surface area contributed by atoms with Gasteiger partial charge in [-0.05, 0) is 0 Å². The van der Waals surface area contributed by atoms with Gasteiger partial charge in [-0.15, -0.1) is 0 Å². The molecule has 0 aliphatic rings. The summed E-state index contributed by atoms with van der Waals surface area (Å²) in [6.45, 7) is 0. The summed E-state index contributed by atoms with van der Waals surface area (Å²) in [4.78, 5) is 0. The molecule has 0 aromatic rings. The van der Waals surface area contributed by atoms with E-state index in [2.05, 4.69) is 0 Å². The summed E-state index contributed by atoms with van der Waals surface area (Å²) in [5.41, 5.74) is 0. The smallest absolute Gasteiger partial charge is 0 e. The predicted octanol–water partition coefficient (Wildman–Crippen LogP) is -2.37. The van der Waals surface area contributed by atoms with E-state index in [4.69, 9.17) is 0 Å². The Morgan fingerprint density at radius 2 is 1.00 bits per heavy atom. The minimum Gasteiger partial charge on any atom is 0 e. The molecule has 4 heteroatoms. The van der Waals surface area contributed by atoms with Gasteiger partial charge in [0.15, 0.2) is 0 Å². The van der Waals surface area contributed by atoms with Gasteiger partial charge < -0.3 is 0 Å². The Balaban J connectivity index is 0. The molecule has 0 nitrogen and oxygen atoms in total. The molecule has 0 heterocycles. The topological polar surface area (TPSA) is 0 Å². The monoisotopic (exact) mass is 459 g/mol. The van der Waals surface area contributed by atoms with Gasteiger partial charge in [0.05, 0.1) is 0 Å². The predicted molar refractivity (Wildman–Crippen MR) is 19.9 cm³/mol. The first-order valence-electron chi connectivity index (χ1n) is 0. The molecule has 3 radical (unpaired) electrons. The molecule has 0 fully saturated rings. The maximum absolute atomic E-state index is 0. The van der Waals surface area contributed by atoms with Crippen molar-refractivity contribution >= 4 is 44.9 Å². The van der Waals surface area contributed by atoms with Gasteiger partial charge >= 0.3 is 44.9 Å². The molecule has 0 amide bonds. The molecule has 0 unspecified atom stereocenters. The zero-order valence-electron chi connectivity index (χ0n) is 1.72. The fourth-order valence-electron chi connectivity index (χ4n) is 0. The number of hydrogen-bond donors (Lipinski definition) is 0. The Kier molecular flexibility index (Phi) is 123. The van der Waals surface area contributed by atoms with Crippen LogP contribution in [0.1, 0.15) is 0 Å². The first-order chi connectivity index (χ1) is 0. The fraction of sp³-hybridized carbons (Fsp3) is 0. The molecule has 0 N–H and O–H groups in total. The molecule has 0 bridgehead atoms. The molecule has 0 saturated heterocycles. The average Bonchev–Trinajstić information content (AvgIpc) is 0.